The van der Waals surface area contributed by atoms with Crippen LogP contribution in [-0.2, 0) is 20.7 Å². The van der Waals surface area contributed by atoms with Crippen molar-refractivity contribution in [3.63, 3.8) is 0 Å². The molecule has 0 saturated heterocycles. The van der Waals surface area contributed by atoms with Gasteiger partial charge < -0.3 is 4.43 Å². The molecule has 0 heterocycles. The van der Waals surface area contributed by atoms with Crippen LogP contribution in [0.3, 0.4) is 0 Å². The minimum Gasteiger partial charge on any atom is -0.542 e. The number of rotatable bonds is 7. The summed E-state index contributed by atoms with van der Waals surface area (Å²) in [5.41, 5.74) is 4.91. The maximum Gasteiger partial charge on any atom is 0.274 e. The van der Waals surface area contributed by atoms with Crippen molar-refractivity contribution in [3.05, 3.63) is 59.0 Å². The van der Waals surface area contributed by atoms with Crippen molar-refractivity contribution in [1.82, 2.24) is 0 Å². The normalized spacial score (nSPS) is 27.4. The van der Waals surface area contributed by atoms with E-state index >= 15 is 0 Å². The number of hydrogen-bond donors (Lipinski definition) is 0. The largest absolute Gasteiger partial charge is 0.542 e. The highest BCUT2D eigenvalue weighted by Crippen LogP contribution is 2.62. The molecule has 2 aromatic rings. The van der Waals surface area contributed by atoms with Gasteiger partial charge in [0.2, 0.25) is 9.84 Å². The van der Waals surface area contributed by atoms with Gasteiger partial charge in [-0.3, -0.25) is 0 Å². The zero-order valence-electron chi connectivity index (χ0n) is 23.4. The average Bonchev–Trinajstić information content (AvgIpc) is 2.80. The third-order valence-corrected chi connectivity index (χ3v) is 11.0. The molecular formula is C32H43O3SSi. The van der Waals surface area contributed by atoms with Crippen molar-refractivity contribution < 1.29 is 12.8 Å². The van der Waals surface area contributed by atoms with Gasteiger partial charge in [0.05, 0.1) is 0 Å². The molecule has 3 nitrogen and oxygen atoms in total. The maximum absolute atomic E-state index is 13.7. The van der Waals surface area contributed by atoms with E-state index < -0.39 is 18.9 Å². The highest BCUT2D eigenvalue weighted by Gasteiger charge is 2.52. The fourth-order valence-electron chi connectivity index (χ4n) is 7.87. The van der Waals surface area contributed by atoms with Crippen molar-refractivity contribution in [2.24, 2.45) is 17.8 Å². The minimum absolute atomic E-state index is 0.0304. The van der Waals surface area contributed by atoms with Gasteiger partial charge in [-0.25, -0.2) is 8.42 Å². The fraction of sp³-hybridized carbons (Fsp3) is 0.562. The topological polar surface area (TPSA) is 43.4 Å². The minimum atomic E-state index is -3.66. The summed E-state index contributed by atoms with van der Waals surface area (Å²) in [5, 5.41) is 1.36. The monoisotopic (exact) mass is 535 g/mol. The smallest absolute Gasteiger partial charge is 0.274 e. The first-order valence-corrected chi connectivity index (χ1v) is 18.1. The summed E-state index contributed by atoms with van der Waals surface area (Å²) in [6.45, 7) is 13.0. The lowest BCUT2D eigenvalue weighted by Crippen LogP contribution is -2.49. The van der Waals surface area contributed by atoms with Crippen molar-refractivity contribution in [2.75, 3.05) is 0 Å². The lowest BCUT2D eigenvalue weighted by atomic mass is 9.47. The summed E-state index contributed by atoms with van der Waals surface area (Å²) in [6.07, 6.45) is 10.5. The molecule has 0 N–H and O–H groups in total. The van der Waals surface area contributed by atoms with E-state index in [1.54, 1.807) is 6.08 Å². The molecule has 4 saturated carbocycles. The van der Waals surface area contributed by atoms with Crippen LogP contribution >= 0.6 is 0 Å². The Bertz CT molecular complexity index is 1260. The highest BCUT2D eigenvalue weighted by molar-refractivity contribution is 7.94. The molecule has 4 aliphatic rings. The standard InChI is InChI=1S/C32H43O3SSi/c1-7-8-14-36(33,34)30-26(10-9-11-29(30)35-37(5)6)25-12-13-27(31(2,3)4)28(18-25)32-19-22-15-23(20-32)17-24(16-22)21-32/h8-14,18,22-24H,7,15-17,19-21H2,1-6H3. The van der Waals surface area contributed by atoms with E-state index in [0.29, 0.717) is 17.1 Å². The summed E-state index contributed by atoms with van der Waals surface area (Å²) in [4.78, 5) is 0.311. The molecule has 4 fully saturated rings. The van der Waals surface area contributed by atoms with Gasteiger partial charge in [0.1, 0.15) is 10.6 Å². The van der Waals surface area contributed by atoms with Crippen LogP contribution in [0, 0.1) is 17.8 Å². The SMILES string of the molecule is CCC=CS(=O)(=O)c1c(O[Si](C)C)cccc1-c1ccc(C(C)(C)C)c(C23CC4CC(CC(C4)C2)C3)c1. The van der Waals surface area contributed by atoms with Crippen molar-refractivity contribution in [2.45, 2.75) is 101 Å². The summed E-state index contributed by atoms with van der Waals surface area (Å²) in [7, 11) is -4.80. The van der Waals surface area contributed by atoms with Crippen LogP contribution in [0.25, 0.3) is 11.1 Å². The van der Waals surface area contributed by atoms with Gasteiger partial charge in [0.15, 0.2) is 0 Å². The van der Waals surface area contributed by atoms with E-state index in [2.05, 4.69) is 39.0 Å². The molecule has 6 rings (SSSR count). The predicted molar refractivity (Wildman–Crippen MR) is 155 cm³/mol. The summed E-state index contributed by atoms with van der Waals surface area (Å²) in [5.74, 6) is 3.03. The van der Waals surface area contributed by atoms with Crippen molar-refractivity contribution >= 4 is 18.9 Å². The molecule has 0 spiro atoms. The van der Waals surface area contributed by atoms with Crippen molar-refractivity contribution in [3.8, 4) is 16.9 Å². The Labute approximate surface area is 226 Å². The zero-order chi connectivity index (χ0) is 26.6. The van der Waals surface area contributed by atoms with Gasteiger partial charge in [-0.05, 0) is 109 Å². The molecule has 2 aromatic carbocycles. The van der Waals surface area contributed by atoms with Crippen LogP contribution in [0.4, 0.5) is 0 Å². The number of allylic oxidation sites excluding steroid dienone is 1. The molecule has 4 bridgehead atoms. The Morgan fingerprint density at radius 3 is 2.16 bits per heavy atom. The first-order chi connectivity index (χ1) is 17.4. The molecule has 5 heteroatoms. The first kappa shape index (κ1) is 26.7. The Hall–Kier alpha value is -1.85. The molecule has 0 aromatic heterocycles. The second kappa shape index (κ2) is 9.71. The van der Waals surface area contributed by atoms with E-state index in [1.807, 2.05) is 38.2 Å². The number of sulfone groups is 1. The number of hydrogen-bond acceptors (Lipinski definition) is 3. The van der Waals surface area contributed by atoms with E-state index in [0.717, 1.165) is 28.9 Å². The summed E-state index contributed by atoms with van der Waals surface area (Å²) in [6, 6.07) is 12.5. The van der Waals surface area contributed by atoms with Crippen LogP contribution in [-0.4, -0.2) is 17.5 Å². The zero-order valence-corrected chi connectivity index (χ0v) is 25.3. The molecule has 4 aliphatic carbocycles. The fourth-order valence-corrected chi connectivity index (χ4v) is 10.0. The van der Waals surface area contributed by atoms with Gasteiger partial charge in [0, 0.05) is 11.0 Å². The third kappa shape index (κ3) is 5.10. The second-order valence-electron chi connectivity index (χ2n) is 13.2. The molecule has 0 aliphatic heterocycles. The predicted octanol–water partition coefficient (Wildman–Crippen LogP) is 8.45. The first-order valence-electron chi connectivity index (χ1n) is 14.1. The van der Waals surface area contributed by atoms with E-state index in [-0.39, 0.29) is 10.8 Å². The van der Waals surface area contributed by atoms with Gasteiger partial charge in [0.25, 0.3) is 9.04 Å². The van der Waals surface area contributed by atoms with Gasteiger partial charge in [-0.2, -0.15) is 0 Å². The molecule has 0 amide bonds. The van der Waals surface area contributed by atoms with Crippen LogP contribution < -0.4 is 4.43 Å². The van der Waals surface area contributed by atoms with Gasteiger partial charge in [-0.1, -0.05) is 64.1 Å². The number of benzene rings is 2. The average molecular weight is 536 g/mol. The van der Waals surface area contributed by atoms with E-state index in [4.69, 9.17) is 4.43 Å². The highest BCUT2D eigenvalue weighted by atomic mass is 32.2. The van der Waals surface area contributed by atoms with Crippen LogP contribution in [0.15, 0.2) is 52.8 Å². The van der Waals surface area contributed by atoms with E-state index in [9.17, 15) is 8.42 Å². The molecule has 0 atom stereocenters. The van der Waals surface area contributed by atoms with E-state index in [1.165, 1.54) is 55.1 Å². The lowest BCUT2D eigenvalue weighted by Gasteiger charge is -2.58. The van der Waals surface area contributed by atoms with Gasteiger partial charge in [-0.15, -0.1) is 0 Å². The quantitative estimate of drug-likeness (QED) is 0.334. The Balaban J connectivity index is 1.71. The second-order valence-corrected chi connectivity index (χ2v) is 17.0. The maximum atomic E-state index is 13.7. The molecule has 1 radical (unpaired) electrons. The Kier molecular flexibility index (Phi) is 7.02. The molecule has 0 unspecified atom stereocenters. The lowest BCUT2D eigenvalue weighted by molar-refractivity contribution is -0.00591. The molecular weight excluding hydrogens is 493 g/mol. The third-order valence-electron chi connectivity index (χ3n) is 8.84. The Morgan fingerprint density at radius 2 is 1.62 bits per heavy atom. The Morgan fingerprint density at radius 1 is 1.00 bits per heavy atom. The van der Waals surface area contributed by atoms with Crippen molar-refractivity contribution in [1.29, 1.82) is 0 Å². The molecule has 199 valence electrons. The summed E-state index contributed by atoms with van der Waals surface area (Å²) >= 11 is 0. The van der Waals surface area contributed by atoms with Crippen LogP contribution in [0.5, 0.6) is 5.75 Å². The molecule has 37 heavy (non-hydrogen) atoms. The van der Waals surface area contributed by atoms with Gasteiger partial charge >= 0.3 is 0 Å². The summed E-state index contributed by atoms with van der Waals surface area (Å²) < 4.78 is 33.5. The van der Waals surface area contributed by atoms with Crippen LogP contribution in [0.2, 0.25) is 13.1 Å². The van der Waals surface area contributed by atoms with Crippen LogP contribution in [0.1, 0.15) is 83.8 Å².